The Balaban J connectivity index is 2.23. The van der Waals surface area contributed by atoms with Gasteiger partial charge in [-0.15, -0.1) is 0 Å². The van der Waals surface area contributed by atoms with Gasteiger partial charge in [-0.25, -0.2) is 0 Å². The first-order valence-corrected chi connectivity index (χ1v) is 7.24. The number of hydrogen-bond acceptors (Lipinski definition) is 4. The Kier molecular flexibility index (Phi) is 6.57. The van der Waals surface area contributed by atoms with Crippen LogP contribution in [0.25, 0.3) is 0 Å². The standard InChI is InChI=1S/C14H30N2O2/c1-5-16(6-2)11-13(17)10-15-12-7-8-18-14(3,4)9-12/h12-13,15,17H,5-11H2,1-4H3. The number of rotatable bonds is 7. The van der Waals surface area contributed by atoms with Crippen LogP contribution < -0.4 is 5.32 Å². The van der Waals surface area contributed by atoms with E-state index in [9.17, 15) is 5.11 Å². The summed E-state index contributed by atoms with van der Waals surface area (Å²) in [5, 5.41) is 13.5. The highest BCUT2D eigenvalue weighted by molar-refractivity contribution is 4.83. The summed E-state index contributed by atoms with van der Waals surface area (Å²) in [6, 6.07) is 0.472. The van der Waals surface area contributed by atoms with E-state index in [1.165, 1.54) is 0 Å². The number of aliphatic hydroxyl groups is 1. The Morgan fingerprint density at radius 3 is 2.61 bits per heavy atom. The molecule has 0 saturated carbocycles. The van der Waals surface area contributed by atoms with Crippen molar-refractivity contribution in [3.8, 4) is 0 Å². The lowest BCUT2D eigenvalue weighted by Crippen LogP contribution is -2.47. The highest BCUT2D eigenvalue weighted by Gasteiger charge is 2.28. The summed E-state index contributed by atoms with van der Waals surface area (Å²) in [7, 11) is 0. The molecule has 0 aromatic heterocycles. The van der Waals surface area contributed by atoms with Crippen LogP contribution in [0.5, 0.6) is 0 Å². The minimum atomic E-state index is -0.282. The van der Waals surface area contributed by atoms with Gasteiger partial charge >= 0.3 is 0 Å². The van der Waals surface area contributed by atoms with Gasteiger partial charge in [0.15, 0.2) is 0 Å². The third-order valence-electron chi connectivity index (χ3n) is 3.70. The number of nitrogens with one attached hydrogen (secondary N) is 1. The van der Waals surface area contributed by atoms with Crippen LogP contribution in [0.4, 0.5) is 0 Å². The fourth-order valence-corrected chi connectivity index (χ4v) is 2.55. The maximum atomic E-state index is 10.0. The van der Waals surface area contributed by atoms with Crippen molar-refractivity contribution in [2.24, 2.45) is 0 Å². The summed E-state index contributed by atoms with van der Waals surface area (Å²) >= 11 is 0. The van der Waals surface area contributed by atoms with E-state index in [2.05, 4.69) is 37.9 Å². The minimum Gasteiger partial charge on any atom is -0.390 e. The molecule has 2 atom stereocenters. The van der Waals surface area contributed by atoms with Crippen LogP contribution in [0.2, 0.25) is 0 Å². The largest absolute Gasteiger partial charge is 0.390 e. The van der Waals surface area contributed by atoms with Crippen LogP contribution in [0.15, 0.2) is 0 Å². The average Bonchev–Trinajstić information content (AvgIpc) is 2.32. The van der Waals surface area contributed by atoms with Gasteiger partial charge in [-0.05, 0) is 39.8 Å². The van der Waals surface area contributed by atoms with Gasteiger partial charge in [0.1, 0.15) is 0 Å². The van der Waals surface area contributed by atoms with Gasteiger partial charge in [-0.2, -0.15) is 0 Å². The molecule has 0 aromatic rings. The molecular weight excluding hydrogens is 228 g/mol. The Labute approximate surface area is 112 Å². The molecule has 1 rings (SSSR count). The minimum absolute atomic E-state index is 0.0280. The molecule has 2 N–H and O–H groups in total. The number of aliphatic hydroxyl groups excluding tert-OH is 1. The van der Waals surface area contributed by atoms with Crippen LogP contribution in [-0.4, -0.2) is 60.5 Å². The Morgan fingerprint density at radius 1 is 1.39 bits per heavy atom. The van der Waals surface area contributed by atoms with Crippen molar-refractivity contribution < 1.29 is 9.84 Å². The molecule has 0 radical (unpaired) electrons. The van der Waals surface area contributed by atoms with E-state index in [1.807, 2.05) is 0 Å². The first-order chi connectivity index (χ1) is 8.46. The molecular formula is C14H30N2O2. The van der Waals surface area contributed by atoms with E-state index in [-0.39, 0.29) is 11.7 Å². The second-order valence-electron chi connectivity index (χ2n) is 5.85. The molecule has 1 saturated heterocycles. The quantitative estimate of drug-likeness (QED) is 0.721. The topological polar surface area (TPSA) is 44.7 Å². The number of nitrogens with zero attached hydrogens (tertiary/aromatic N) is 1. The third kappa shape index (κ3) is 5.65. The third-order valence-corrected chi connectivity index (χ3v) is 3.70. The van der Waals surface area contributed by atoms with Crippen LogP contribution in [0, 0.1) is 0 Å². The molecule has 0 amide bonds. The highest BCUT2D eigenvalue weighted by atomic mass is 16.5. The first kappa shape index (κ1) is 15.9. The van der Waals surface area contributed by atoms with E-state index in [0.29, 0.717) is 12.6 Å². The molecule has 4 heteroatoms. The molecule has 0 spiro atoms. The summed E-state index contributed by atoms with van der Waals surface area (Å²) in [5.74, 6) is 0. The Morgan fingerprint density at radius 2 is 2.06 bits per heavy atom. The van der Waals surface area contributed by atoms with Crippen LogP contribution in [-0.2, 0) is 4.74 Å². The highest BCUT2D eigenvalue weighted by Crippen LogP contribution is 2.23. The molecule has 2 unspecified atom stereocenters. The van der Waals surface area contributed by atoms with Gasteiger partial charge in [0.25, 0.3) is 0 Å². The van der Waals surface area contributed by atoms with E-state index in [1.54, 1.807) is 0 Å². The van der Waals surface area contributed by atoms with Crippen molar-refractivity contribution >= 4 is 0 Å². The molecule has 1 heterocycles. The molecule has 1 fully saturated rings. The fourth-order valence-electron chi connectivity index (χ4n) is 2.55. The predicted octanol–water partition coefficient (Wildman–Crippen LogP) is 1.24. The number of likely N-dealkylation sites (N-methyl/N-ethyl adjacent to an activating group) is 1. The maximum Gasteiger partial charge on any atom is 0.0791 e. The molecule has 1 aliphatic rings. The lowest BCUT2D eigenvalue weighted by atomic mass is 9.94. The molecule has 18 heavy (non-hydrogen) atoms. The van der Waals surface area contributed by atoms with Crippen molar-refractivity contribution in [3.05, 3.63) is 0 Å². The molecule has 0 aliphatic carbocycles. The summed E-state index contributed by atoms with van der Waals surface area (Å²) in [6.45, 7) is 12.8. The zero-order valence-corrected chi connectivity index (χ0v) is 12.4. The number of hydrogen-bond donors (Lipinski definition) is 2. The molecule has 108 valence electrons. The fraction of sp³-hybridized carbons (Fsp3) is 1.00. The lowest BCUT2D eigenvalue weighted by Gasteiger charge is -2.36. The number of ether oxygens (including phenoxy) is 1. The summed E-state index contributed by atoms with van der Waals surface area (Å²) < 4.78 is 5.69. The van der Waals surface area contributed by atoms with Crippen molar-refractivity contribution in [2.75, 3.05) is 32.8 Å². The van der Waals surface area contributed by atoms with E-state index in [4.69, 9.17) is 4.74 Å². The smallest absolute Gasteiger partial charge is 0.0791 e. The lowest BCUT2D eigenvalue weighted by molar-refractivity contribution is -0.0640. The zero-order chi connectivity index (χ0) is 13.6. The van der Waals surface area contributed by atoms with Crippen LogP contribution in [0.3, 0.4) is 0 Å². The molecule has 0 bridgehead atoms. The van der Waals surface area contributed by atoms with E-state index in [0.717, 1.165) is 39.1 Å². The first-order valence-electron chi connectivity index (χ1n) is 7.24. The molecule has 4 nitrogen and oxygen atoms in total. The van der Waals surface area contributed by atoms with Crippen molar-refractivity contribution in [2.45, 2.75) is 58.3 Å². The SMILES string of the molecule is CCN(CC)CC(O)CNC1CCOC(C)(C)C1. The predicted molar refractivity (Wildman–Crippen MR) is 74.9 cm³/mol. The van der Waals surface area contributed by atoms with Crippen molar-refractivity contribution in [1.29, 1.82) is 0 Å². The van der Waals surface area contributed by atoms with Gasteiger partial charge in [0.05, 0.1) is 11.7 Å². The van der Waals surface area contributed by atoms with E-state index < -0.39 is 0 Å². The van der Waals surface area contributed by atoms with Crippen molar-refractivity contribution in [1.82, 2.24) is 10.2 Å². The Hall–Kier alpha value is -0.160. The van der Waals surface area contributed by atoms with Gasteiger partial charge in [-0.3, -0.25) is 0 Å². The van der Waals surface area contributed by atoms with Gasteiger partial charge in [0, 0.05) is 25.7 Å². The maximum absolute atomic E-state index is 10.0. The van der Waals surface area contributed by atoms with Crippen molar-refractivity contribution in [3.63, 3.8) is 0 Å². The van der Waals surface area contributed by atoms with Gasteiger partial charge in [-0.1, -0.05) is 13.8 Å². The second kappa shape index (κ2) is 7.43. The van der Waals surface area contributed by atoms with Gasteiger partial charge < -0.3 is 20.1 Å². The Bertz CT molecular complexity index is 230. The molecule has 0 aromatic carbocycles. The average molecular weight is 258 g/mol. The summed E-state index contributed by atoms with van der Waals surface area (Å²) in [5.41, 5.74) is -0.0280. The second-order valence-corrected chi connectivity index (χ2v) is 5.85. The van der Waals surface area contributed by atoms with Crippen LogP contribution in [0.1, 0.15) is 40.5 Å². The van der Waals surface area contributed by atoms with E-state index >= 15 is 0 Å². The zero-order valence-electron chi connectivity index (χ0n) is 12.4. The summed E-state index contributed by atoms with van der Waals surface area (Å²) in [4.78, 5) is 2.25. The van der Waals surface area contributed by atoms with Gasteiger partial charge in [0.2, 0.25) is 0 Å². The van der Waals surface area contributed by atoms with Crippen LogP contribution >= 0.6 is 0 Å². The monoisotopic (exact) mass is 258 g/mol. The normalized spacial score (nSPS) is 25.3. The summed E-state index contributed by atoms with van der Waals surface area (Å²) in [6.07, 6.45) is 1.78. The molecule has 1 aliphatic heterocycles.